The largest absolute Gasteiger partial charge is 0.493 e. The highest BCUT2D eigenvalue weighted by molar-refractivity contribution is 5.91. The molecule has 0 aliphatic carbocycles. The lowest BCUT2D eigenvalue weighted by Crippen LogP contribution is -2.28. The fourth-order valence-electron chi connectivity index (χ4n) is 2.93. The van der Waals surface area contributed by atoms with Gasteiger partial charge in [-0.3, -0.25) is 0 Å². The van der Waals surface area contributed by atoms with Crippen LogP contribution in [0.2, 0.25) is 0 Å². The molecule has 0 bridgehead atoms. The zero-order valence-corrected chi connectivity index (χ0v) is 14.6. The molecular weight excluding hydrogens is 327 g/mol. The Morgan fingerprint density at radius 2 is 1.56 bits per heavy atom. The number of benzene rings is 2. The fraction of sp³-hybridized carbons (Fsp3) is 0.500. The molecule has 0 radical (unpaired) electrons. The van der Waals surface area contributed by atoms with Gasteiger partial charge in [-0.2, -0.15) is 13.2 Å². The van der Waals surface area contributed by atoms with Crippen molar-refractivity contribution in [3.8, 4) is 5.75 Å². The minimum atomic E-state index is -4.47. The number of nitrogens with two attached hydrogens (primary N) is 1. The van der Waals surface area contributed by atoms with Crippen molar-refractivity contribution in [2.75, 3.05) is 6.61 Å². The van der Waals surface area contributed by atoms with Gasteiger partial charge in [0.2, 0.25) is 0 Å². The van der Waals surface area contributed by atoms with Gasteiger partial charge in [-0.1, -0.05) is 69.4 Å². The third-order valence-corrected chi connectivity index (χ3v) is 4.36. The van der Waals surface area contributed by atoms with E-state index in [1.54, 1.807) is 30.3 Å². The van der Waals surface area contributed by atoms with E-state index in [9.17, 15) is 13.2 Å². The molecule has 25 heavy (non-hydrogen) atoms. The van der Waals surface area contributed by atoms with Crippen LogP contribution in [0.25, 0.3) is 10.8 Å². The lowest BCUT2D eigenvalue weighted by Gasteiger charge is -2.19. The van der Waals surface area contributed by atoms with Crippen LogP contribution in [0.5, 0.6) is 5.75 Å². The topological polar surface area (TPSA) is 35.2 Å². The highest BCUT2D eigenvalue weighted by Crippen LogP contribution is 2.37. The number of fused-ring (bicyclic) bond motifs is 1. The minimum absolute atomic E-state index is 0.0787. The highest BCUT2D eigenvalue weighted by atomic mass is 19.4. The molecule has 0 amide bonds. The van der Waals surface area contributed by atoms with Gasteiger partial charge in [0.15, 0.2) is 0 Å². The lowest BCUT2D eigenvalue weighted by atomic mass is 9.98. The summed E-state index contributed by atoms with van der Waals surface area (Å²) in [6, 6.07) is 7.98. The van der Waals surface area contributed by atoms with Crippen LogP contribution in [0.1, 0.15) is 57.1 Å². The molecule has 1 atom stereocenters. The Hall–Kier alpha value is -1.75. The summed E-state index contributed by atoms with van der Waals surface area (Å²) in [5, 5.41) is 1.17. The number of halogens is 3. The zero-order valence-electron chi connectivity index (χ0n) is 14.6. The SMILES string of the molecule is CCCCCCCCOc1ccc([C@H](N)C(F)(F)F)c2ccccc12. The number of hydrogen-bond donors (Lipinski definition) is 1. The van der Waals surface area contributed by atoms with Crippen LogP contribution in [0, 0.1) is 0 Å². The van der Waals surface area contributed by atoms with E-state index in [1.165, 1.54) is 31.7 Å². The second-order valence-corrected chi connectivity index (χ2v) is 6.33. The second kappa shape index (κ2) is 9.09. The number of unbranched alkanes of at least 4 members (excludes halogenated alkanes) is 5. The van der Waals surface area contributed by atoms with E-state index in [0.29, 0.717) is 23.1 Å². The average molecular weight is 353 g/mol. The maximum absolute atomic E-state index is 13.0. The van der Waals surface area contributed by atoms with E-state index < -0.39 is 12.2 Å². The molecule has 0 aromatic heterocycles. The molecule has 2 nitrogen and oxygen atoms in total. The first kappa shape index (κ1) is 19.6. The molecule has 5 heteroatoms. The van der Waals surface area contributed by atoms with Crippen LogP contribution in [0.15, 0.2) is 36.4 Å². The molecule has 0 spiro atoms. The molecule has 0 saturated heterocycles. The van der Waals surface area contributed by atoms with Gasteiger partial charge in [0.1, 0.15) is 11.8 Å². The molecule has 2 rings (SSSR count). The van der Waals surface area contributed by atoms with Gasteiger partial charge in [-0.25, -0.2) is 0 Å². The summed E-state index contributed by atoms with van der Waals surface area (Å²) in [5.74, 6) is 0.613. The summed E-state index contributed by atoms with van der Waals surface area (Å²) in [7, 11) is 0. The van der Waals surface area contributed by atoms with E-state index in [-0.39, 0.29) is 5.56 Å². The van der Waals surface area contributed by atoms with Crippen LogP contribution >= 0.6 is 0 Å². The quantitative estimate of drug-likeness (QED) is 0.549. The smallest absolute Gasteiger partial charge is 0.407 e. The van der Waals surface area contributed by atoms with Gasteiger partial charge in [0, 0.05) is 5.39 Å². The van der Waals surface area contributed by atoms with Gasteiger partial charge in [0.25, 0.3) is 0 Å². The number of hydrogen-bond acceptors (Lipinski definition) is 2. The van der Waals surface area contributed by atoms with E-state index in [2.05, 4.69) is 6.92 Å². The molecule has 0 aliphatic heterocycles. The Kier molecular flexibility index (Phi) is 7.12. The molecular formula is C20H26F3NO. The zero-order chi connectivity index (χ0) is 18.3. The van der Waals surface area contributed by atoms with Gasteiger partial charge < -0.3 is 10.5 Å². The predicted molar refractivity (Wildman–Crippen MR) is 95.8 cm³/mol. The van der Waals surface area contributed by atoms with Gasteiger partial charge in [-0.05, 0) is 23.4 Å². The Morgan fingerprint density at radius 3 is 2.24 bits per heavy atom. The van der Waals surface area contributed by atoms with Crippen molar-refractivity contribution in [2.24, 2.45) is 5.73 Å². The fourth-order valence-corrected chi connectivity index (χ4v) is 2.93. The van der Waals surface area contributed by atoms with Crippen molar-refractivity contribution in [3.63, 3.8) is 0 Å². The van der Waals surface area contributed by atoms with E-state index in [0.717, 1.165) is 12.8 Å². The van der Waals surface area contributed by atoms with Gasteiger partial charge in [-0.15, -0.1) is 0 Å². The third-order valence-electron chi connectivity index (χ3n) is 4.36. The van der Waals surface area contributed by atoms with Gasteiger partial charge in [0.05, 0.1) is 6.61 Å². The van der Waals surface area contributed by atoms with E-state index >= 15 is 0 Å². The van der Waals surface area contributed by atoms with E-state index in [1.807, 2.05) is 0 Å². The summed E-state index contributed by atoms with van der Waals surface area (Å²) in [6.45, 7) is 2.75. The Bertz CT molecular complexity index is 670. The van der Waals surface area contributed by atoms with Gasteiger partial charge >= 0.3 is 6.18 Å². The molecule has 2 aromatic rings. The first-order valence-corrected chi connectivity index (χ1v) is 8.92. The van der Waals surface area contributed by atoms with Crippen molar-refractivity contribution in [2.45, 2.75) is 57.7 Å². The van der Waals surface area contributed by atoms with Crippen LogP contribution in [-0.4, -0.2) is 12.8 Å². The Labute approximate surface area is 147 Å². The number of ether oxygens (including phenoxy) is 1. The maximum atomic E-state index is 13.0. The van der Waals surface area contributed by atoms with Crippen LogP contribution in [0.4, 0.5) is 13.2 Å². The molecule has 2 aromatic carbocycles. The molecule has 2 N–H and O–H groups in total. The summed E-state index contributed by atoms with van der Waals surface area (Å²) in [6.07, 6.45) is 2.49. The Balaban J connectivity index is 2.07. The van der Waals surface area contributed by atoms with Crippen molar-refractivity contribution in [1.82, 2.24) is 0 Å². The lowest BCUT2D eigenvalue weighted by molar-refractivity contribution is -0.148. The number of rotatable bonds is 9. The Morgan fingerprint density at radius 1 is 0.920 bits per heavy atom. The predicted octanol–water partition coefficient (Wildman–Crippen LogP) is 6.14. The van der Waals surface area contributed by atoms with Crippen molar-refractivity contribution in [1.29, 1.82) is 0 Å². The van der Waals surface area contributed by atoms with Crippen LogP contribution in [0.3, 0.4) is 0 Å². The first-order chi connectivity index (χ1) is 11.9. The molecule has 0 aliphatic rings. The van der Waals surface area contributed by atoms with E-state index in [4.69, 9.17) is 10.5 Å². The summed E-state index contributed by atoms with van der Waals surface area (Å²) in [5.41, 5.74) is 5.48. The third kappa shape index (κ3) is 5.36. The standard InChI is InChI=1S/C20H26F3NO/c1-2-3-4-5-6-9-14-25-18-13-12-17(19(24)20(21,22)23)15-10-7-8-11-16(15)18/h7-8,10-13,19H,2-6,9,14,24H2,1H3/t19-/m0/s1. The first-order valence-electron chi connectivity index (χ1n) is 8.92. The van der Waals surface area contributed by atoms with Crippen LogP contribution < -0.4 is 10.5 Å². The summed E-state index contributed by atoms with van der Waals surface area (Å²) < 4.78 is 44.8. The number of alkyl halides is 3. The maximum Gasteiger partial charge on any atom is 0.407 e. The molecule has 0 fully saturated rings. The van der Waals surface area contributed by atoms with Crippen molar-refractivity contribution >= 4 is 10.8 Å². The normalized spacial score (nSPS) is 13.2. The summed E-state index contributed by atoms with van der Waals surface area (Å²) in [4.78, 5) is 0. The van der Waals surface area contributed by atoms with Crippen molar-refractivity contribution in [3.05, 3.63) is 42.0 Å². The molecule has 0 unspecified atom stereocenters. The molecule has 0 heterocycles. The average Bonchev–Trinajstić information content (AvgIpc) is 2.59. The second-order valence-electron chi connectivity index (χ2n) is 6.33. The highest BCUT2D eigenvalue weighted by Gasteiger charge is 2.38. The van der Waals surface area contributed by atoms with Crippen LogP contribution in [-0.2, 0) is 0 Å². The van der Waals surface area contributed by atoms with Crippen molar-refractivity contribution < 1.29 is 17.9 Å². The molecule has 138 valence electrons. The summed E-state index contributed by atoms with van der Waals surface area (Å²) >= 11 is 0. The minimum Gasteiger partial charge on any atom is -0.493 e. The molecule has 0 saturated carbocycles. The monoisotopic (exact) mass is 353 g/mol.